The molecule has 4 N–H and O–H groups in total. The molecule has 0 fully saturated rings. The normalized spacial score (nSPS) is 24.0. The number of aliphatic hydroxyl groups excluding tert-OH is 1. The number of carbonyl (C=O) groups is 1. The van der Waals surface area contributed by atoms with Gasteiger partial charge in [0.2, 0.25) is 0 Å². The zero-order valence-corrected chi connectivity index (χ0v) is 13.1. The van der Waals surface area contributed by atoms with Gasteiger partial charge in [-0.2, -0.15) is 0 Å². The van der Waals surface area contributed by atoms with Crippen LogP contribution in [0.4, 0.5) is 4.79 Å². The summed E-state index contributed by atoms with van der Waals surface area (Å²) in [6, 6.07) is 0. The van der Waals surface area contributed by atoms with E-state index in [2.05, 4.69) is 20.4 Å². The van der Waals surface area contributed by atoms with Gasteiger partial charge >= 0.3 is 6.16 Å². The van der Waals surface area contributed by atoms with Crippen molar-refractivity contribution in [3.05, 3.63) is 36.0 Å². The average Bonchev–Trinajstić information content (AvgIpc) is 2.33. The van der Waals surface area contributed by atoms with Gasteiger partial charge in [-0.1, -0.05) is 32.6 Å². The van der Waals surface area contributed by atoms with Gasteiger partial charge in [0.25, 0.3) is 0 Å². The van der Waals surface area contributed by atoms with Crippen molar-refractivity contribution in [2.24, 2.45) is 5.41 Å². The molecule has 0 saturated heterocycles. The lowest BCUT2D eigenvalue weighted by Crippen LogP contribution is -2.27. The maximum absolute atomic E-state index is 9.89. The molecule has 1 aliphatic rings. The lowest BCUT2D eigenvalue weighted by atomic mass is 9.71. The fraction of sp³-hybridized carbons (Fsp3) is 0.562. The number of aliphatic hydroxyl groups is 2. The molecule has 1 rings (SSSR count). The van der Waals surface area contributed by atoms with E-state index in [9.17, 15) is 10.2 Å². The monoisotopic (exact) mass is 298 g/mol. The van der Waals surface area contributed by atoms with E-state index in [0.717, 1.165) is 24.0 Å². The summed E-state index contributed by atoms with van der Waals surface area (Å²) in [5.74, 6) is 0. The van der Waals surface area contributed by atoms with Crippen LogP contribution in [-0.2, 0) is 0 Å². The fourth-order valence-electron chi connectivity index (χ4n) is 2.24. The average molecular weight is 298 g/mol. The number of rotatable bonds is 3. The third-order valence-electron chi connectivity index (χ3n) is 3.70. The molecule has 0 aromatic rings. The van der Waals surface area contributed by atoms with Gasteiger partial charge in [0.1, 0.15) is 0 Å². The summed E-state index contributed by atoms with van der Waals surface area (Å²) in [5, 5.41) is 33.7. The Bertz CT molecular complexity index is 440. The van der Waals surface area contributed by atoms with Crippen LogP contribution < -0.4 is 0 Å². The van der Waals surface area contributed by atoms with Gasteiger partial charge < -0.3 is 20.4 Å². The first-order valence-electron chi connectivity index (χ1n) is 6.79. The van der Waals surface area contributed by atoms with E-state index < -0.39 is 11.8 Å². The number of carboxylic acid groups (broad SMARTS) is 2. The van der Waals surface area contributed by atoms with Gasteiger partial charge in [-0.05, 0) is 49.3 Å². The number of hydrogen-bond donors (Lipinski definition) is 4. The first kappa shape index (κ1) is 19.4. The van der Waals surface area contributed by atoms with Crippen LogP contribution in [0.3, 0.4) is 0 Å². The van der Waals surface area contributed by atoms with Gasteiger partial charge in [0, 0.05) is 0 Å². The third-order valence-corrected chi connectivity index (χ3v) is 3.70. The minimum Gasteiger partial charge on any atom is -0.450 e. The molecule has 120 valence electrons. The minimum absolute atomic E-state index is 0.0526. The maximum Gasteiger partial charge on any atom is 0.503 e. The Hall–Kier alpha value is -1.59. The van der Waals surface area contributed by atoms with E-state index in [-0.39, 0.29) is 11.5 Å². The van der Waals surface area contributed by atoms with Crippen molar-refractivity contribution >= 4 is 6.16 Å². The topological polar surface area (TPSA) is 98.0 Å². The molecule has 0 heterocycles. The van der Waals surface area contributed by atoms with Gasteiger partial charge in [-0.25, -0.2) is 4.79 Å². The summed E-state index contributed by atoms with van der Waals surface area (Å²) in [5.41, 5.74) is 1.19. The molecule has 21 heavy (non-hydrogen) atoms. The molecule has 0 spiro atoms. The van der Waals surface area contributed by atoms with Crippen molar-refractivity contribution in [3.8, 4) is 0 Å². The van der Waals surface area contributed by atoms with E-state index in [1.807, 2.05) is 13.0 Å². The fourth-order valence-corrected chi connectivity index (χ4v) is 2.24. The Labute approximate surface area is 125 Å². The van der Waals surface area contributed by atoms with E-state index in [1.165, 1.54) is 6.08 Å². The molecule has 0 aromatic carbocycles. The molecule has 0 aliphatic heterocycles. The van der Waals surface area contributed by atoms with Crippen molar-refractivity contribution in [1.29, 1.82) is 0 Å². The second-order valence-corrected chi connectivity index (χ2v) is 6.08. The summed E-state index contributed by atoms with van der Waals surface area (Å²) < 4.78 is 0. The van der Waals surface area contributed by atoms with Crippen molar-refractivity contribution in [2.45, 2.75) is 52.2 Å². The molecule has 2 unspecified atom stereocenters. The van der Waals surface area contributed by atoms with Crippen LogP contribution >= 0.6 is 0 Å². The molecule has 0 bridgehead atoms. The minimum atomic E-state index is -1.83. The molecular formula is C16H26O5. The molecule has 5 heteroatoms. The number of hydrogen-bond acceptors (Lipinski definition) is 3. The summed E-state index contributed by atoms with van der Waals surface area (Å²) in [6.07, 6.45) is 4.76. The van der Waals surface area contributed by atoms with E-state index in [1.54, 1.807) is 13.0 Å². The number of allylic oxidation sites excluding steroid dienone is 2. The first-order valence-corrected chi connectivity index (χ1v) is 6.79. The third kappa shape index (κ3) is 6.60. The van der Waals surface area contributed by atoms with Crippen molar-refractivity contribution in [2.75, 3.05) is 0 Å². The highest BCUT2D eigenvalue weighted by molar-refractivity contribution is 5.53. The summed E-state index contributed by atoms with van der Waals surface area (Å²) in [7, 11) is 0. The zero-order chi connectivity index (χ0) is 16.8. The Morgan fingerprint density at radius 2 is 1.90 bits per heavy atom. The molecule has 0 aromatic heterocycles. The quantitative estimate of drug-likeness (QED) is 0.600. The Kier molecular flexibility index (Phi) is 6.86. The predicted molar refractivity (Wildman–Crippen MR) is 82.3 cm³/mol. The molecular weight excluding hydrogens is 272 g/mol. The molecule has 2 atom stereocenters. The highest BCUT2D eigenvalue weighted by Crippen LogP contribution is 2.41. The molecule has 0 amide bonds. The van der Waals surface area contributed by atoms with Crippen LogP contribution in [0.5, 0.6) is 0 Å². The highest BCUT2D eigenvalue weighted by atomic mass is 16.6. The molecule has 5 nitrogen and oxygen atoms in total. The van der Waals surface area contributed by atoms with Crippen LogP contribution in [0.2, 0.25) is 0 Å². The first-order chi connectivity index (χ1) is 9.43. The van der Waals surface area contributed by atoms with Crippen LogP contribution in [0.1, 0.15) is 40.5 Å². The largest absolute Gasteiger partial charge is 0.503 e. The van der Waals surface area contributed by atoms with Gasteiger partial charge in [-0.3, -0.25) is 0 Å². The van der Waals surface area contributed by atoms with Gasteiger partial charge in [0.15, 0.2) is 0 Å². The van der Waals surface area contributed by atoms with Gasteiger partial charge in [-0.15, -0.1) is 0 Å². The van der Waals surface area contributed by atoms with E-state index in [0.29, 0.717) is 0 Å². The summed E-state index contributed by atoms with van der Waals surface area (Å²) >= 11 is 0. The van der Waals surface area contributed by atoms with E-state index in [4.69, 9.17) is 15.0 Å². The smallest absolute Gasteiger partial charge is 0.450 e. The standard InChI is InChI=1S/C15H24O2.CH2O3/c1-6-15(5,17)10-7-12-11(2)13(16)8-9-14(12,3)4;2-1(3)4/h6-7,10,13,16-17H,1,8-9H2,2-5H3;(H2,2,3,4). The Balaban J connectivity index is 0.000000885. The van der Waals surface area contributed by atoms with Crippen LogP contribution in [0.25, 0.3) is 0 Å². The van der Waals surface area contributed by atoms with Crippen LogP contribution in [-0.4, -0.2) is 38.3 Å². The maximum atomic E-state index is 9.89. The lowest BCUT2D eigenvalue weighted by molar-refractivity contribution is 0.137. The predicted octanol–water partition coefficient (Wildman–Crippen LogP) is 3.20. The second-order valence-electron chi connectivity index (χ2n) is 6.08. The molecule has 1 aliphatic carbocycles. The summed E-state index contributed by atoms with van der Waals surface area (Å²) in [6.45, 7) is 11.6. The summed E-state index contributed by atoms with van der Waals surface area (Å²) in [4.78, 5) is 8.56. The van der Waals surface area contributed by atoms with Gasteiger partial charge in [0.05, 0.1) is 11.7 Å². The lowest BCUT2D eigenvalue weighted by Gasteiger charge is -2.35. The van der Waals surface area contributed by atoms with Crippen LogP contribution in [0.15, 0.2) is 36.0 Å². The van der Waals surface area contributed by atoms with Crippen molar-refractivity contribution < 1.29 is 25.2 Å². The molecule has 0 saturated carbocycles. The van der Waals surface area contributed by atoms with Crippen molar-refractivity contribution in [1.82, 2.24) is 0 Å². The Morgan fingerprint density at radius 3 is 2.33 bits per heavy atom. The highest BCUT2D eigenvalue weighted by Gasteiger charge is 2.31. The zero-order valence-electron chi connectivity index (χ0n) is 13.1. The SMILES string of the molecule is C=CC(C)(O)C=CC1=C(C)C(O)CCC1(C)C.O=C(O)O. The van der Waals surface area contributed by atoms with Crippen LogP contribution in [0, 0.1) is 5.41 Å². The van der Waals surface area contributed by atoms with E-state index >= 15 is 0 Å². The molecule has 0 radical (unpaired) electrons. The van der Waals surface area contributed by atoms with Crippen molar-refractivity contribution in [3.63, 3.8) is 0 Å². The second kappa shape index (κ2) is 7.43. The Morgan fingerprint density at radius 1 is 1.43 bits per heavy atom.